The van der Waals surface area contributed by atoms with Crippen LogP contribution in [0.15, 0.2) is 12.1 Å². The largest absolute Gasteiger partial charge is 0.497 e. The zero-order chi connectivity index (χ0) is 9.84. The fourth-order valence-corrected chi connectivity index (χ4v) is 1.19. The molecular formula is C10H12F2O. The predicted octanol–water partition coefficient (Wildman–Crippen LogP) is 2.93. The minimum atomic E-state index is -0.529. The Bertz CT molecular complexity index is 274. The van der Waals surface area contributed by atoms with Crippen LogP contribution >= 0.6 is 0 Å². The summed E-state index contributed by atoms with van der Waals surface area (Å²) in [6, 6.07) is 2.40. The molecule has 0 aliphatic heterocycles. The second-order valence-corrected chi connectivity index (χ2v) is 2.82. The molecule has 1 aromatic carbocycles. The van der Waals surface area contributed by atoms with E-state index in [1.54, 1.807) is 0 Å². The van der Waals surface area contributed by atoms with Crippen LogP contribution in [0.2, 0.25) is 0 Å². The van der Waals surface area contributed by atoms with Crippen LogP contribution in [0, 0.1) is 11.6 Å². The molecule has 0 saturated heterocycles. The molecule has 0 saturated carbocycles. The van der Waals surface area contributed by atoms with Gasteiger partial charge in [0.25, 0.3) is 0 Å². The van der Waals surface area contributed by atoms with Crippen molar-refractivity contribution in [1.82, 2.24) is 0 Å². The Hall–Kier alpha value is -1.12. The van der Waals surface area contributed by atoms with Crippen LogP contribution in [0.1, 0.15) is 18.9 Å². The summed E-state index contributed by atoms with van der Waals surface area (Å²) in [5, 5.41) is 0. The van der Waals surface area contributed by atoms with E-state index in [0.717, 1.165) is 6.42 Å². The van der Waals surface area contributed by atoms with Crippen LogP contribution in [-0.4, -0.2) is 7.11 Å². The Morgan fingerprint density at radius 1 is 1.23 bits per heavy atom. The summed E-state index contributed by atoms with van der Waals surface area (Å²) in [5.74, 6) is -0.841. The van der Waals surface area contributed by atoms with E-state index >= 15 is 0 Å². The van der Waals surface area contributed by atoms with Crippen LogP contribution in [-0.2, 0) is 6.42 Å². The maximum Gasteiger partial charge on any atom is 0.133 e. The highest BCUT2D eigenvalue weighted by molar-refractivity contribution is 5.30. The fraction of sp³-hybridized carbons (Fsp3) is 0.400. The monoisotopic (exact) mass is 186 g/mol. The number of halogens is 2. The van der Waals surface area contributed by atoms with Gasteiger partial charge in [0.15, 0.2) is 0 Å². The molecule has 0 atom stereocenters. The summed E-state index contributed by atoms with van der Waals surface area (Å²) in [7, 11) is 1.38. The first-order chi connectivity index (χ1) is 6.19. The van der Waals surface area contributed by atoms with E-state index in [9.17, 15) is 8.78 Å². The molecular weight excluding hydrogens is 174 g/mol. The predicted molar refractivity (Wildman–Crippen MR) is 46.9 cm³/mol. The molecule has 0 unspecified atom stereocenters. The van der Waals surface area contributed by atoms with Gasteiger partial charge in [0.1, 0.15) is 17.4 Å². The van der Waals surface area contributed by atoms with Gasteiger partial charge < -0.3 is 4.74 Å². The van der Waals surface area contributed by atoms with Crippen LogP contribution in [0.4, 0.5) is 8.78 Å². The molecule has 1 aromatic rings. The molecule has 0 heterocycles. The molecule has 0 bridgehead atoms. The van der Waals surface area contributed by atoms with Gasteiger partial charge in [0.05, 0.1) is 7.11 Å². The Labute approximate surface area is 76.3 Å². The maximum atomic E-state index is 13.2. The summed E-state index contributed by atoms with van der Waals surface area (Å²) >= 11 is 0. The van der Waals surface area contributed by atoms with E-state index in [2.05, 4.69) is 0 Å². The quantitative estimate of drug-likeness (QED) is 0.705. The van der Waals surface area contributed by atoms with Crippen LogP contribution in [0.25, 0.3) is 0 Å². The number of benzene rings is 1. The average Bonchev–Trinajstić information content (AvgIpc) is 2.11. The Balaban J connectivity index is 3.07. The SMILES string of the molecule is CCCc1c(F)cc(OC)cc1F. The number of methoxy groups -OCH3 is 1. The lowest BCUT2D eigenvalue weighted by Gasteiger charge is -2.05. The molecule has 0 fully saturated rings. The third kappa shape index (κ3) is 2.17. The first-order valence-corrected chi connectivity index (χ1v) is 4.21. The van der Waals surface area contributed by atoms with Gasteiger partial charge in [0.2, 0.25) is 0 Å². The zero-order valence-electron chi connectivity index (χ0n) is 7.73. The summed E-state index contributed by atoms with van der Waals surface area (Å²) in [6.07, 6.45) is 1.14. The van der Waals surface area contributed by atoms with E-state index < -0.39 is 11.6 Å². The van der Waals surface area contributed by atoms with Gasteiger partial charge in [0, 0.05) is 17.7 Å². The van der Waals surface area contributed by atoms with E-state index in [1.165, 1.54) is 19.2 Å². The second kappa shape index (κ2) is 4.21. The van der Waals surface area contributed by atoms with Crippen LogP contribution < -0.4 is 4.74 Å². The molecule has 3 heteroatoms. The third-order valence-corrected chi connectivity index (χ3v) is 1.85. The van der Waals surface area contributed by atoms with Gasteiger partial charge in [-0.2, -0.15) is 0 Å². The standard InChI is InChI=1S/C10H12F2O/c1-3-4-8-9(11)5-7(13-2)6-10(8)12/h5-6H,3-4H2,1-2H3. The Morgan fingerprint density at radius 3 is 2.15 bits per heavy atom. The highest BCUT2D eigenvalue weighted by Crippen LogP contribution is 2.21. The number of ether oxygens (including phenoxy) is 1. The lowest BCUT2D eigenvalue weighted by molar-refractivity contribution is 0.405. The molecule has 0 aliphatic carbocycles. The highest BCUT2D eigenvalue weighted by atomic mass is 19.1. The molecule has 0 aromatic heterocycles. The molecule has 1 nitrogen and oxygen atoms in total. The van der Waals surface area contributed by atoms with Gasteiger partial charge >= 0.3 is 0 Å². The molecule has 1 rings (SSSR count). The minimum absolute atomic E-state index is 0.142. The smallest absolute Gasteiger partial charge is 0.133 e. The number of hydrogen-bond donors (Lipinski definition) is 0. The first-order valence-electron chi connectivity index (χ1n) is 4.21. The molecule has 72 valence electrons. The second-order valence-electron chi connectivity index (χ2n) is 2.82. The Kier molecular flexibility index (Phi) is 3.23. The average molecular weight is 186 g/mol. The van der Waals surface area contributed by atoms with Crippen LogP contribution in [0.3, 0.4) is 0 Å². The summed E-state index contributed by atoms with van der Waals surface area (Å²) in [5.41, 5.74) is 0.142. The normalized spacial score (nSPS) is 10.2. The van der Waals surface area contributed by atoms with Crippen molar-refractivity contribution < 1.29 is 13.5 Å². The number of hydrogen-bond acceptors (Lipinski definition) is 1. The molecule has 0 spiro atoms. The molecule has 13 heavy (non-hydrogen) atoms. The topological polar surface area (TPSA) is 9.23 Å². The van der Waals surface area contributed by atoms with Crippen molar-refractivity contribution in [2.24, 2.45) is 0 Å². The van der Waals surface area contributed by atoms with Gasteiger partial charge in [-0.3, -0.25) is 0 Å². The van der Waals surface area contributed by atoms with Crippen molar-refractivity contribution in [2.45, 2.75) is 19.8 Å². The van der Waals surface area contributed by atoms with E-state index in [-0.39, 0.29) is 11.3 Å². The summed E-state index contributed by atoms with van der Waals surface area (Å²) < 4.78 is 31.1. The minimum Gasteiger partial charge on any atom is -0.497 e. The molecule has 0 N–H and O–H groups in total. The van der Waals surface area contributed by atoms with Crippen molar-refractivity contribution >= 4 is 0 Å². The summed E-state index contributed by atoms with van der Waals surface area (Å²) in [6.45, 7) is 1.88. The lowest BCUT2D eigenvalue weighted by Crippen LogP contribution is -1.96. The molecule has 0 aliphatic rings. The molecule has 0 amide bonds. The Morgan fingerprint density at radius 2 is 1.77 bits per heavy atom. The van der Waals surface area contributed by atoms with Crippen molar-refractivity contribution in [3.63, 3.8) is 0 Å². The van der Waals surface area contributed by atoms with E-state index in [1.807, 2.05) is 6.92 Å². The first kappa shape index (κ1) is 9.96. The van der Waals surface area contributed by atoms with Crippen molar-refractivity contribution in [1.29, 1.82) is 0 Å². The van der Waals surface area contributed by atoms with E-state index in [0.29, 0.717) is 6.42 Å². The van der Waals surface area contributed by atoms with Gasteiger partial charge in [-0.15, -0.1) is 0 Å². The highest BCUT2D eigenvalue weighted by Gasteiger charge is 2.09. The third-order valence-electron chi connectivity index (χ3n) is 1.85. The summed E-state index contributed by atoms with van der Waals surface area (Å²) in [4.78, 5) is 0. The maximum absolute atomic E-state index is 13.2. The van der Waals surface area contributed by atoms with E-state index in [4.69, 9.17) is 4.74 Å². The lowest BCUT2D eigenvalue weighted by atomic mass is 10.1. The van der Waals surface area contributed by atoms with Gasteiger partial charge in [-0.05, 0) is 6.42 Å². The fourth-order valence-electron chi connectivity index (χ4n) is 1.19. The molecule has 0 radical (unpaired) electrons. The van der Waals surface area contributed by atoms with Gasteiger partial charge in [-0.25, -0.2) is 8.78 Å². The number of rotatable bonds is 3. The van der Waals surface area contributed by atoms with Crippen LogP contribution in [0.5, 0.6) is 5.75 Å². The zero-order valence-corrected chi connectivity index (χ0v) is 7.73. The van der Waals surface area contributed by atoms with Crippen molar-refractivity contribution in [2.75, 3.05) is 7.11 Å². The van der Waals surface area contributed by atoms with Crippen molar-refractivity contribution in [3.8, 4) is 5.75 Å². The van der Waals surface area contributed by atoms with Gasteiger partial charge in [-0.1, -0.05) is 13.3 Å². The van der Waals surface area contributed by atoms with Crippen molar-refractivity contribution in [3.05, 3.63) is 29.3 Å².